The number of nitrogens with two attached hydrogens (primary N) is 1. The first kappa shape index (κ1) is 19.9. The molecule has 1 aliphatic heterocycles. The third kappa shape index (κ3) is 4.89. The van der Waals surface area contributed by atoms with Gasteiger partial charge in [-0.1, -0.05) is 30.3 Å². The van der Waals surface area contributed by atoms with Gasteiger partial charge in [-0.15, -0.1) is 0 Å². The molecule has 0 spiro atoms. The molecule has 6 heteroatoms. The van der Waals surface area contributed by atoms with Crippen LogP contribution < -0.4 is 16.0 Å². The zero-order valence-electron chi connectivity index (χ0n) is 16.6. The molecule has 0 aromatic heterocycles. The average molecular weight is 381 g/mol. The van der Waals surface area contributed by atoms with Crippen molar-refractivity contribution >= 4 is 23.4 Å². The van der Waals surface area contributed by atoms with E-state index in [2.05, 4.69) is 5.32 Å². The molecular weight excluding hydrogens is 354 g/mol. The normalized spacial score (nSPS) is 16.9. The van der Waals surface area contributed by atoms with E-state index in [-0.39, 0.29) is 5.91 Å². The van der Waals surface area contributed by atoms with Crippen LogP contribution in [0, 0.1) is 0 Å². The molecule has 2 aromatic carbocycles. The Morgan fingerprint density at radius 2 is 1.96 bits per heavy atom. The van der Waals surface area contributed by atoms with Gasteiger partial charge in [0, 0.05) is 11.4 Å². The number of ether oxygens (including phenoxy) is 1. The highest BCUT2D eigenvalue weighted by Gasteiger charge is 2.27. The van der Waals surface area contributed by atoms with E-state index in [1.54, 1.807) is 11.0 Å². The first-order valence-electron chi connectivity index (χ1n) is 9.47. The van der Waals surface area contributed by atoms with E-state index >= 15 is 0 Å². The maximum Gasteiger partial charge on any atom is 0.412 e. The summed E-state index contributed by atoms with van der Waals surface area (Å²) < 4.78 is 5.29. The van der Waals surface area contributed by atoms with E-state index in [1.807, 2.05) is 63.2 Å². The highest BCUT2D eigenvalue weighted by atomic mass is 16.6. The van der Waals surface area contributed by atoms with Gasteiger partial charge in [0.2, 0.25) is 5.91 Å². The Hall–Kier alpha value is -2.86. The summed E-state index contributed by atoms with van der Waals surface area (Å²) >= 11 is 0. The molecule has 148 valence electrons. The summed E-state index contributed by atoms with van der Waals surface area (Å²) in [6, 6.07) is 14.8. The van der Waals surface area contributed by atoms with E-state index in [1.165, 1.54) is 0 Å². The summed E-state index contributed by atoms with van der Waals surface area (Å²) in [4.78, 5) is 26.6. The number of carbonyl (C=O) groups excluding carboxylic acids is 2. The number of carbonyl (C=O) groups is 2. The van der Waals surface area contributed by atoms with Crippen molar-refractivity contribution in [3.63, 3.8) is 0 Å². The van der Waals surface area contributed by atoms with Crippen LogP contribution in [0.15, 0.2) is 48.5 Å². The quantitative estimate of drug-likeness (QED) is 0.846. The van der Waals surface area contributed by atoms with Crippen LogP contribution in [-0.4, -0.2) is 23.6 Å². The fourth-order valence-corrected chi connectivity index (χ4v) is 3.25. The minimum Gasteiger partial charge on any atom is -0.444 e. The fraction of sp³-hybridized carbons (Fsp3) is 0.364. The molecule has 6 nitrogen and oxygen atoms in total. The molecule has 0 saturated heterocycles. The Bertz CT molecular complexity index is 873. The molecule has 1 atom stereocenters. The van der Waals surface area contributed by atoms with Gasteiger partial charge in [-0.2, -0.15) is 0 Å². The SMILES string of the molecule is CC(C)(C)OC(=O)Nc1cccc(CN2C(=O)C(N)CCc3ccccc32)c1. The first-order chi connectivity index (χ1) is 13.2. The molecule has 2 amide bonds. The van der Waals surface area contributed by atoms with E-state index in [0.29, 0.717) is 18.7 Å². The lowest BCUT2D eigenvalue weighted by Crippen LogP contribution is -2.42. The molecule has 1 aliphatic rings. The summed E-state index contributed by atoms with van der Waals surface area (Å²) in [5, 5.41) is 2.74. The van der Waals surface area contributed by atoms with Gasteiger partial charge in [-0.05, 0) is 62.9 Å². The molecule has 0 bridgehead atoms. The van der Waals surface area contributed by atoms with Gasteiger partial charge in [0.25, 0.3) is 0 Å². The van der Waals surface area contributed by atoms with Crippen LogP contribution in [0.2, 0.25) is 0 Å². The predicted octanol–water partition coefficient (Wildman–Crippen LogP) is 3.84. The molecule has 3 N–H and O–H groups in total. The Labute approximate surface area is 165 Å². The molecule has 28 heavy (non-hydrogen) atoms. The number of nitrogens with zero attached hydrogens (tertiary/aromatic N) is 1. The standard InChI is InChI=1S/C22H27N3O3/c1-22(2,3)28-21(27)24-17-9-6-7-15(13-17)14-25-19-10-5-4-8-16(19)11-12-18(23)20(25)26/h4-10,13,18H,11-12,14,23H2,1-3H3,(H,24,27). The number of rotatable bonds is 3. The van der Waals surface area contributed by atoms with Crippen LogP contribution in [0.4, 0.5) is 16.2 Å². The van der Waals surface area contributed by atoms with Gasteiger partial charge in [-0.3, -0.25) is 10.1 Å². The minimum absolute atomic E-state index is 0.0875. The molecule has 2 aromatic rings. The average Bonchev–Trinajstić information content (AvgIpc) is 2.73. The number of nitrogens with one attached hydrogen (secondary N) is 1. The van der Waals surface area contributed by atoms with Crippen molar-refractivity contribution in [2.75, 3.05) is 10.2 Å². The van der Waals surface area contributed by atoms with Crippen molar-refractivity contribution in [2.45, 2.75) is 51.8 Å². The number of hydrogen-bond acceptors (Lipinski definition) is 4. The number of para-hydroxylation sites is 1. The molecular formula is C22H27N3O3. The number of aryl methyl sites for hydroxylation is 1. The molecule has 1 unspecified atom stereocenters. The fourth-order valence-electron chi connectivity index (χ4n) is 3.25. The van der Waals surface area contributed by atoms with Crippen LogP contribution in [0.5, 0.6) is 0 Å². The highest BCUT2D eigenvalue weighted by molar-refractivity contribution is 5.98. The van der Waals surface area contributed by atoms with Crippen molar-refractivity contribution in [1.82, 2.24) is 0 Å². The summed E-state index contributed by atoms with van der Waals surface area (Å²) in [7, 11) is 0. The lowest BCUT2D eigenvalue weighted by Gasteiger charge is -2.25. The maximum atomic E-state index is 12.8. The molecule has 0 radical (unpaired) electrons. The van der Waals surface area contributed by atoms with Crippen molar-refractivity contribution in [2.24, 2.45) is 5.73 Å². The van der Waals surface area contributed by atoms with Crippen molar-refractivity contribution < 1.29 is 14.3 Å². The molecule has 0 saturated carbocycles. The van der Waals surface area contributed by atoms with Crippen LogP contribution in [-0.2, 0) is 22.5 Å². The van der Waals surface area contributed by atoms with Gasteiger partial charge in [0.1, 0.15) is 5.60 Å². The molecule has 1 heterocycles. The van der Waals surface area contributed by atoms with Gasteiger partial charge >= 0.3 is 6.09 Å². The first-order valence-corrected chi connectivity index (χ1v) is 9.47. The lowest BCUT2D eigenvalue weighted by molar-refractivity contribution is -0.120. The smallest absolute Gasteiger partial charge is 0.412 e. The topological polar surface area (TPSA) is 84.7 Å². The van der Waals surface area contributed by atoms with Gasteiger partial charge < -0.3 is 15.4 Å². The van der Waals surface area contributed by atoms with Crippen LogP contribution in [0.1, 0.15) is 38.3 Å². The maximum absolute atomic E-state index is 12.8. The summed E-state index contributed by atoms with van der Waals surface area (Å²) in [6.45, 7) is 5.82. The van der Waals surface area contributed by atoms with Crippen molar-refractivity contribution in [3.8, 4) is 0 Å². The zero-order chi connectivity index (χ0) is 20.3. The van der Waals surface area contributed by atoms with Gasteiger partial charge in [0.05, 0.1) is 12.6 Å². The Morgan fingerprint density at radius 1 is 1.21 bits per heavy atom. The number of anilines is 2. The molecule has 0 fully saturated rings. The third-order valence-electron chi connectivity index (χ3n) is 4.50. The third-order valence-corrected chi connectivity index (χ3v) is 4.50. The second-order valence-corrected chi connectivity index (χ2v) is 8.03. The highest BCUT2D eigenvalue weighted by Crippen LogP contribution is 2.28. The monoisotopic (exact) mass is 381 g/mol. The van der Waals surface area contributed by atoms with Crippen molar-refractivity contribution in [3.05, 3.63) is 59.7 Å². The van der Waals surface area contributed by atoms with Crippen molar-refractivity contribution in [1.29, 1.82) is 0 Å². The van der Waals surface area contributed by atoms with E-state index < -0.39 is 17.7 Å². The number of hydrogen-bond donors (Lipinski definition) is 2. The Morgan fingerprint density at radius 3 is 2.71 bits per heavy atom. The van der Waals surface area contributed by atoms with Crippen LogP contribution >= 0.6 is 0 Å². The summed E-state index contributed by atoms with van der Waals surface area (Å²) in [5.41, 5.74) is 9.05. The Kier molecular flexibility index (Phi) is 5.70. The van der Waals surface area contributed by atoms with E-state index in [9.17, 15) is 9.59 Å². The summed E-state index contributed by atoms with van der Waals surface area (Å²) in [5.74, 6) is -0.0875. The Balaban J connectivity index is 1.81. The predicted molar refractivity (Wildman–Crippen MR) is 110 cm³/mol. The largest absolute Gasteiger partial charge is 0.444 e. The second-order valence-electron chi connectivity index (χ2n) is 8.03. The van der Waals surface area contributed by atoms with Crippen LogP contribution in [0.25, 0.3) is 0 Å². The van der Waals surface area contributed by atoms with Gasteiger partial charge in [0.15, 0.2) is 0 Å². The number of amides is 2. The van der Waals surface area contributed by atoms with Crippen LogP contribution in [0.3, 0.4) is 0 Å². The van der Waals surface area contributed by atoms with E-state index in [0.717, 1.165) is 23.2 Å². The number of fused-ring (bicyclic) bond motifs is 1. The van der Waals surface area contributed by atoms with E-state index in [4.69, 9.17) is 10.5 Å². The lowest BCUT2D eigenvalue weighted by atomic mass is 10.1. The molecule has 3 rings (SSSR count). The summed E-state index contributed by atoms with van der Waals surface area (Å²) in [6.07, 6.45) is 0.898. The zero-order valence-corrected chi connectivity index (χ0v) is 16.6. The number of benzene rings is 2. The minimum atomic E-state index is -0.569. The van der Waals surface area contributed by atoms with Gasteiger partial charge in [-0.25, -0.2) is 4.79 Å². The second kappa shape index (κ2) is 8.02. The molecule has 0 aliphatic carbocycles.